The Bertz CT molecular complexity index is 1380. The summed E-state index contributed by atoms with van der Waals surface area (Å²) in [7, 11) is 0. The zero-order valence-electron chi connectivity index (χ0n) is 17.5. The summed E-state index contributed by atoms with van der Waals surface area (Å²) in [5.74, 6) is -1.40. The molecule has 6 heteroatoms. The summed E-state index contributed by atoms with van der Waals surface area (Å²) in [5, 5.41) is 5.31. The molecule has 0 saturated carbocycles. The zero-order chi connectivity index (χ0) is 22.9. The van der Waals surface area contributed by atoms with Gasteiger partial charge in [0, 0.05) is 22.5 Å². The van der Waals surface area contributed by atoms with Gasteiger partial charge in [0.05, 0.1) is 11.1 Å². The van der Waals surface area contributed by atoms with Crippen LogP contribution in [0.25, 0.3) is 10.8 Å². The molecule has 33 heavy (non-hydrogen) atoms. The van der Waals surface area contributed by atoms with Crippen molar-refractivity contribution in [1.82, 2.24) is 4.90 Å². The molecule has 0 radical (unpaired) electrons. The van der Waals surface area contributed by atoms with Gasteiger partial charge in [-0.25, -0.2) is 0 Å². The van der Waals surface area contributed by atoms with Crippen LogP contribution in [0.1, 0.15) is 26.3 Å². The SMILES string of the molecule is O=C(Nc1cccc2ccccc12)C(Cc1cccc(Cl)c1)N1C(=O)c2ccccc2C1=O. The van der Waals surface area contributed by atoms with Crippen LogP contribution in [-0.2, 0) is 11.2 Å². The maximum absolute atomic E-state index is 13.6. The maximum atomic E-state index is 13.6. The van der Waals surface area contributed by atoms with E-state index in [2.05, 4.69) is 5.32 Å². The van der Waals surface area contributed by atoms with Crippen molar-refractivity contribution in [3.63, 3.8) is 0 Å². The quantitative estimate of drug-likeness (QED) is 0.414. The third-order valence-corrected chi connectivity index (χ3v) is 6.04. The van der Waals surface area contributed by atoms with E-state index in [1.807, 2.05) is 42.5 Å². The standard InChI is InChI=1S/C27H19ClN2O3/c28-19-10-5-7-17(15-19)16-24(30-26(32)21-12-3-4-13-22(21)27(30)33)25(31)29-23-14-6-9-18-8-1-2-11-20(18)23/h1-15,24H,16H2,(H,29,31). The van der Waals surface area contributed by atoms with Crippen LogP contribution in [0.2, 0.25) is 5.02 Å². The number of fused-ring (bicyclic) bond motifs is 2. The molecule has 4 aromatic rings. The normalized spacial score (nSPS) is 13.8. The van der Waals surface area contributed by atoms with Crippen molar-refractivity contribution < 1.29 is 14.4 Å². The minimum Gasteiger partial charge on any atom is -0.324 e. The Kier molecular flexibility index (Phi) is 5.40. The van der Waals surface area contributed by atoms with E-state index in [0.717, 1.165) is 21.2 Å². The summed E-state index contributed by atoms with van der Waals surface area (Å²) < 4.78 is 0. The average Bonchev–Trinajstić information content (AvgIpc) is 3.08. The molecule has 5 nitrogen and oxygen atoms in total. The summed E-state index contributed by atoms with van der Waals surface area (Å²) >= 11 is 6.14. The second-order valence-electron chi connectivity index (χ2n) is 7.89. The Balaban J connectivity index is 1.53. The van der Waals surface area contributed by atoms with Gasteiger partial charge in [0.2, 0.25) is 5.91 Å². The van der Waals surface area contributed by atoms with Crippen molar-refractivity contribution in [2.75, 3.05) is 5.32 Å². The number of halogens is 1. The van der Waals surface area contributed by atoms with Gasteiger partial charge in [0.25, 0.3) is 11.8 Å². The molecule has 1 atom stereocenters. The smallest absolute Gasteiger partial charge is 0.262 e. The first-order valence-corrected chi connectivity index (χ1v) is 10.9. The van der Waals surface area contributed by atoms with Crippen LogP contribution in [0.4, 0.5) is 5.69 Å². The largest absolute Gasteiger partial charge is 0.324 e. The number of nitrogens with zero attached hydrogens (tertiary/aromatic N) is 1. The third kappa shape index (κ3) is 3.88. The lowest BCUT2D eigenvalue weighted by atomic mass is 10.0. The van der Waals surface area contributed by atoms with Crippen molar-refractivity contribution in [1.29, 1.82) is 0 Å². The molecular weight excluding hydrogens is 436 g/mol. The summed E-state index contributed by atoms with van der Waals surface area (Å²) in [4.78, 5) is 41.0. The first kappa shape index (κ1) is 20.9. The molecule has 1 N–H and O–H groups in total. The summed E-state index contributed by atoms with van der Waals surface area (Å²) in [5.41, 5.74) is 1.97. The predicted molar refractivity (Wildman–Crippen MR) is 128 cm³/mol. The fourth-order valence-corrected chi connectivity index (χ4v) is 4.44. The lowest BCUT2D eigenvalue weighted by Crippen LogP contribution is -2.48. The Labute approximate surface area is 195 Å². The predicted octanol–water partition coefficient (Wildman–Crippen LogP) is 5.34. The molecule has 0 aromatic heterocycles. The molecule has 162 valence electrons. The maximum Gasteiger partial charge on any atom is 0.262 e. The van der Waals surface area contributed by atoms with Gasteiger partial charge in [0.1, 0.15) is 6.04 Å². The molecule has 1 unspecified atom stereocenters. The molecule has 1 aliphatic heterocycles. The van der Waals surface area contributed by atoms with E-state index in [1.165, 1.54) is 0 Å². The van der Waals surface area contributed by atoms with E-state index in [1.54, 1.807) is 48.5 Å². The Morgan fingerprint density at radius 1 is 0.818 bits per heavy atom. The molecule has 0 spiro atoms. The number of carbonyl (C=O) groups excluding carboxylic acids is 3. The Morgan fingerprint density at radius 2 is 1.45 bits per heavy atom. The number of imide groups is 1. The third-order valence-electron chi connectivity index (χ3n) is 5.81. The van der Waals surface area contributed by atoms with E-state index < -0.39 is 23.8 Å². The molecule has 1 aliphatic rings. The van der Waals surface area contributed by atoms with E-state index in [9.17, 15) is 14.4 Å². The summed E-state index contributed by atoms with van der Waals surface area (Å²) in [6.45, 7) is 0. The summed E-state index contributed by atoms with van der Waals surface area (Å²) in [6.07, 6.45) is 0.141. The number of nitrogens with one attached hydrogen (secondary N) is 1. The van der Waals surface area contributed by atoms with Crippen molar-refractivity contribution >= 4 is 45.8 Å². The fraction of sp³-hybridized carbons (Fsp3) is 0.0741. The second kappa shape index (κ2) is 8.52. The molecule has 0 saturated heterocycles. The molecule has 0 bridgehead atoms. The van der Waals surface area contributed by atoms with Crippen LogP contribution in [0.3, 0.4) is 0 Å². The van der Waals surface area contributed by atoms with Gasteiger partial charge in [-0.2, -0.15) is 0 Å². The van der Waals surface area contributed by atoms with Crippen LogP contribution in [0, 0.1) is 0 Å². The molecular formula is C27H19ClN2O3. The monoisotopic (exact) mass is 454 g/mol. The highest BCUT2D eigenvalue weighted by Gasteiger charge is 2.42. The number of benzene rings is 4. The van der Waals surface area contributed by atoms with Gasteiger partial charge in [-0.15, -0.1) is 0 Å². The van der Waals surface area contributed by atoms with Crippen LogP contribution >= 0.6 is 11.6 Å². The highest BCUT2D eigenvalue weighted by molar-refractivity contribution is 6.30. The lowest BCUT2D eigenvalue weighted by molar-refractivity contribution is -0.119. The minimum atomic E-state index is -1.05. The van der Waals surface area contributed by atoms with Gasteiger partial charge < -0.3 is 5.32 Å². The van der Waals surface area contributed by atoms with Crippen LogP contribution in [0.15, 0.2) is 91.0 Å². The van der Waals surface area contributed by atoms with Gasteiger partial charge in [0.15, 0.2) is 0 Å². The number of anilines is 1. The van der Waals surface area contributed by atoms with E-state index in [-0.39, 0.29) is 6.42 Å². The Morgan fingerprint density at radius 3 is 2.18 bits per heavy atom. The first-order chi connectivity index (χ1) is 16.0. The molecule has 0 fully saturated rings. The topological polar surface area (TPSA) is 66.5 Å². The van der Waals surface area contributed by atoms with E-state index in [0.29, 0.717) is 21.8 Å². The van der Waals surface area contributed by atoms with Crippen LogP contribution in [-0.4, -0.2) is 28.7 Å². The van der Waals surface area contributed by atoms with Crippen LogP contribution < -0.4 is 5.32 Å². The average molecular weight is 455 g/mol. The zero-order valence-corrected chi connectivity index (χ0v) is 18.3. The van der Waals surface area contributed by atoms with Crippen molar-refractivity contribution in [2.45, 2.75) is 12.5 Å². The van der Waals surface area contributed by atoms with Gasteiger partial charge in [-0.1, -0.05) is 72.3 Å². The second-order valence-corrected chi connectivity index (χ2v) is 8.33. The molecule has 3 amide bonds. The van der Waals surface area contributed by atoms with Crippen LogP contribution in [0.5, 0.6) is 0 Å². The molecule has 4 aromatic carbocycles. The summed E-state index contributed by atoms with van der Waals surface area (Å²) in [6, 6.07) is 25.9. The number of rotatable bonds is 5. The Hall–Kier alpha value is -3.96. The minimum absolute atomic E-state index is 0.141. The highest BCUT2D eigenvalue weighted by Crippen LogP contribution is 2.28. The molecule has 1 heterocycles. The van der Waals surface area contributed by atoms with E-state index >= 15 is 0 Å². The number of hydrogen-bond acceptors (Lipinski definition) is 3. The van der Waals surface area contributed by atoms with Crippen molar-refractivity contribution in [3.8, 4) is 0 Å². The fourth-order valence-electron chi connectivity index (χ4n) is 4.23. The van der Waals surface area contributed by atoms with Gasteiger partial charge in [-0.05, 0) is 41.3 Å². The number of hydrogen-bond donors (Lipinski definition) is 1. The molecule has 5 rings (SSSR count). The number of amides is 3. The highest BCUT2D eigenvalue weighted by atomic mass is 35.5. The first-order valence-electron chi connectivity index (χ1n) is 10.5. The molecule has 0 aliphatic carbocycles. The van der Waals surface area contributed by atoms with Gasteiger partial charge in [-0.3, -0.25) is 19.3 Å². The lowest BCUT2D eigenvalue weighted by Gasteiger charge is -2.26. The van der Waals surface area contributed by atoms with E-state index in [4.69, 9.17) is 11.6 Å². The van der Waals surface area contributed by atoms with Crippen molar-refractivity contribution in [2.24, 2.45) is 0 Å². The number of carbonyl (C=O) groups is 3. The van der Waals surface area contributed by atoms with Gasteiger partial charge >= 0.3 is 0 Å². The van der Waals surface area contributed by atoms with Crippen molar-refractivity contribution in [3.05, 3.63) is 113 Å².